The minimum absolute atomic E-state index is 3.02. The summed E-state index contributed by atoms with van der Waals surface area (Å²) in [6.07, 6.45) is 0. The van der Waals surface area contributed by atoms with Gasteiger partial charge in [-0.1, -0.05) is 0 Å². The zero-order chi connectivity index (χ0) is 10.9. The number of hydrogen-bond acceptors (Lipinski definition) is 8. The van der Waals surface area contributed by atoms with Crippen LogP contribution in [0.4, 0.5) is 0 Å². The summed E-state index contributed by atoms with van der Waals surface area (Å²) in [7, 11) is 0. The molecule has 0 spiro atoms. The topological polar surface area (TPSA) is 161 Å². The van der Waals surface area contributed by atoms with Gasteiger partial charge in [0.2, 0.25) is 0 Å². The van der Waals surface area contributed by atoms with Gasteiger partial charge in [-0.15, -0.1) is 0 Å². The second-order valence-electron chi connectivity index (χ2n) is 1.40. The molecule has 0 aromatic carbocycles. The molecule has 0 saturated carbocycles. The van der Waals surface area contributed by atoms with Crippen molar-refractivity contribution in [2.45, 2.75) is 0 Å². The van der Waals surface area contributed by atoms with Gasteiger partial charge in [0.25, 0.3) is 0 Å². The molecule has 0 radical (unpaired) electrons. The zero-order valence-electron chi connectivity index (χ0n) is 5.39. The Labute approximate surface area is 81.6 Å². The van der Waals surface area contributed by atoms with Crippen molar-refractivity contribution in [1.82, 2.24) is 0 Å². The van der Waals surface area contributed by atoms with Crippen molar-refractivity contribution in [1.29, 1.82) is 0 Å². The van der Waals surface area contributed by atoms with Crippen LogP contribution in [0.15, 0.2) is 0 Å². The Morgan fingerprint density at radius 2 is 0.923 bits per heavy atom. The molecule has 0 saturated heterocycles. The van der Waals surface area contributed by atoms with Gasteiger partial charge in [-0.25, -0.2) is 0 Å². The normalized spacial score (nSPS) is 14.3. The van der Waals surface area contributed by atoms with Gasteiger partial charge >= 0.3 is 82.2 Å². The summed E-state index contributed by atoms with van der Waals surface area (Å²) in [5.41, 5.74) is 0. The summed E-state index contributed by atoms with van der Waals surface area (Å²) in [6.45, 7) is 0. The summed E-state index contributed by atoms with van der Waals surface area (Å²) >= 11 is -19.9. The van der Waals surface area contributed by atoms with E-state index in [1.54, 1.807) is 0 Å². The van der Waals surface area contributed by atoms with E-state index in [1.165, 1.54) is 0 Å². The summed E-state index contributed by atoms with van der Waals surface area (Å²) < 4.78 is 82.2. The van der Waals surface area contributed by atoms with E-state index in [1.807, 2.05) is 0 Å². The third-order valence-corrected chi connectivity index (χ3v) is 22.7. The van der Waals surface area contributed by atoms with Crippen LogP contribution in [0.1, 0.15) is 0 Å². The van der Waals surface area contributed by atoms with Gasteiger partial charge in [0.15, 0.2) is 0 Å². The van der Waals surface area contributed by atoms with Gasteiger partial charge in [-0.3, -0.25) is 0 Å². The molecule has 13 heteroatoms. The van der Waals surface area contributed by atoms with E-state index >= 15 is 0 Å². The van der Waals surface area contributed by atoms with Gasteiger partial charge in [-0.05, 0) is 0 Å². The van der Waals surface area contributed by atoms with E-state index < -0.39 is 50.2 Å². The van der Waals surface area contributed by atoms with Crippen molar-refractivity contribution in [3.8, 4) is 0 Å². The molecule has 0 bridgehead atoms. The van der Waals surface area contributed by atoms with Crippen molar-refractivity contribution in [3.05, 3.63) is 0 Å². The molecule has 0 fully saturated rings. The van der Waals surface area contributed by atoms with Crippen LogP contribution in [0, 0.1) is 0 Å². The molecule has 0 heterocycles. The van der Waals surface area contributed by atoms with Crippen molar-refractivity contribution < 1.29 is 82.2 Å². The molecule has 0 rings (SSSR count). The van der Waals surface area contributed by atoms with E-state index in [0.717, 1.165) is 0 Å². The predicted molar refractivity (Wildman–Crippen MR) is 10.7 cm³/mol. The van der Waals surface area contributed by atoms with Crippen LogP contribution in [-0.4, -0.2) is 7.52 Å². The molecule has 0 aromatic heterocycles. The van der Waals surface area contributed by atoms with Crippen LogP contribution < -0.4 is 0 Å². The molecule has 0 atom stereocenters. The van der Waals surface area contributed by atoms with Gasteiger partial charge in [-0.2, -0.15) is 0 Å². The van der Waals surface area contributed by atoms with Crippen molar-refractivity contribution in [2.24, 2.45) is 0 Å². The molecule has 0 unspecified atom stereocenters. The maximum absolute atomic E-state index is 10.3. The Hall–Kier alpha value is 0.705. The van der Waals surface area contributed by atoms with Gasteiger partial charge in [0.05, 0.1) is 0 Å². The van der Waals surface area contributed by atoms with Crippen LogP contribution in [0.25, 0.3) is 0 Å². The second kappa shape index (κ2) is 4.06. The summed E-state index contributed by atoms with van der Waals surface area (Å²) in [6, 6.07) is 0. The Bertz CT molecular complexity index is 414. The fourth-order valence-corrected chi connectivity index (χ4v) is 20.3. The first-order valence-corrected chi connectivity index (χ1v) is 16.6. The Balaban J connectivity index is 4.86. The summed E-state index contributed by atoms with van der Waals surface area (Å²) in [5, 5.41) is 0. The molecule has 13 heavy (non-hydrogen) atoms. The van der Waals surface area contributed by atoms with E-state index in [2.05, 4.69) is 4.09 Å². The second-order valence-corrected chi connectivity index (χ2v) is 19.5. The third kappa shape index (κ3) is 9.02. The first-order valence-electron chi connectivity index (χ1n) is 2.03. The summed E-state index contributed by atoms with van der Waals surface area (Å²) in [4.78, 5) is 0. The average Bonchev–Trinajstić information content (AvgIpc) is 1.43. The molecule has 0 aromatic rings. The quantitative estimate of drug-likeness (QED) is 0.335. The monoisotopic (exact) mass is 714 g/mol. The Morgan fingerprint density at radius 3 is 1.08 bits per heavy atom. The Kier molecular flexibility index (Phi) is 4.28. The van der Waals surface area contributed by atoms with Crippen molar-refractivity contribution in [2.75, 3.05) is 0 Å². The zero-order valence-corrected chi connectivity index (χ0v) is 14.2. The molecule has 0 amide bonds. The van der Waals surface area contributed by atoms with Gasteiger partial charge in [0, 0.05) is 0 Å². The van der Waals surface area contributed by atoms with Crippen molar-refractivity contribution in [3.63, 3.8) is 0 Å². The van der Waals surface area contributed by atoms with E-state index in [0.29, 0.717) is 0 Å². The standard InChI is InChI=1S/2H2O.8O.3W/h2*1H2;;;;;;;;;;;/q;;;;;;;;;;;2*+1/p-2. The van der Waals surface area contributed by atoms with Gasteiger partial charge < -0.3 is 0 Å². The van der Waals surface area contributed by atoms with E-state index in [4.69, 9.17) is 7.52 Å². The first kappa shape index (κ1) is 13.7. The van der Waals surface area contributed by atoms with Crippen LogP contribution in [0.3, 0.4) is 0 Å². The third-order valence-electron chi connectivity index (χ3n) is 0.339. The molecular weight excluding hydrogens is 712 g/mol. The molecule has 0 aliphatic heterocycles. The molecule has 80 valence electrons. The maximum atomic E-state index is 10.3. The summed E-state index contributed by atoms with van der Waals surface area (Å²) in [5.74, 6) is 0. The molecule has 10 nitrogen and oxygen atoms in total. The fraction of sp³-hybridized carbons (Fsp3) is 0. The van der Waals surface area contributed by atoms with Crippen molar-refractivity contribution >= 4 is 0 Å². The number of rotatable bonds is 4. The first-order chi connectivity index (χ1) is 5.41. The minimum atomic E-state index is -6.76. The van der Waals surface area contributed by atoms with E-state index in [9.17, 15) is 20.4 Å². The van der Waals surface area contributed by atoms with Crippen LogP contribution in [-0.2, 0) is 74.7 Å². The molecule has 0 aliphatic carbocycles. The fourth-order valence-electron chi connectivity index (χ4n) is 0.222. The van der Waals surface area contributed by atoms with Gasteiger partial charge in [0.1, 0.15) is 0 Å². The van der Waals surface area contributed by atoms with E-state index in [-0.39, 0.29) is 0 Å². The predicted octanol–water partition coefficient (Wildman–Crippen LogP) is -1.97. The molecular formula is H2O10W3. The average molecular weight is 714 g/mol. The van der Waals surface area contributed by atoms with Crippen LogP contribution >= 0.6 is 0 Å². The SMILES string of the molecule is [O]=[W](=[O])([OH])[O][W](=[O])(=[O])[O][W](=[O])(=[O])[OH]. The number of hydrogen-bond donors (Lipinski definition) is 2. The van der Waals surface area contributed by atoms with Crippen LogP contribution in [0.5, 0.6) is 0 Å². The Morgan fingerprint density at radius 1 is 0.692 bits per heavy atom. The molecule has 0 aliphatic rings. The molecule has 2 N–H and O–H groups in total. The van der Waals surface area contributed by atoms with Crippen LogP contribution in [0.2, 0.25) is 0 Å².